The van der Waals surface area contributed by atoms with Crippen LogP contribution in [0.25, 0.3) is 0 Å². The highest BCUT2D eigenvalue weighted by atomic mass is 16.3. The van der Waals surface area contributed by atoms with Gasteiger partial charge in [-0.2, -0.15) is 0 Å². The zero-order valence-electron chi connectivity index (χ0n) is 17.2. The first-order valence-electron chi connectivity index (χ1n) is 10.5. The predicted octanol–water partition coefficient (Wildman–Crippen LogP) is 3.76. The van der Waals surface area contributed by atoms with Gasteiger partial charge in [0.2, 0.25) is 11.8 Å². The van der Waals surface area contributed by atoms with Gasteiger partial charge in [-0.15, -0.1) is 0 Å². The lowest BCUT2D eigenvalue weighted by molar-refractivity contribution is -0.147. The summed E-state index contributed by atoms with van der Waals surface area (Å²) in [5.41, 5.74) is 1.68. The second kappa shape index (κ2) is 6.02. The molecule has 1 saturated heterocycles. The van der Waals surface area contributed by atoms with Crippen molar-refractivity contribution in [2.45, 2.75) is 57.1 Å². The van der Waals surface area contributed by atoms with Crippen molar-refractivity contribution in [3.63, 3.8) is 0 Å². The number of amides is 2. The molecule has 0 aromatic heterocycles. The van der Waals surface area contributed by atoms with Gasteiger partial charge in [0, 0.05) is 5.54 Å². The highest BCUT2D eigenvalue weighted by Gasteiger charge is 2.65. The van der Waals surface area contributed by atoms with Crippen LogP contribution in [-0.2, 0) is 21.6 Å². The summed E-state index contributed by atoms with van der Waals surface area (Å²) in [6.07, 6.45) is 2.84. The van der Waals surface area contributed by atoms with E-state index in [-0.39, 0.29) is 17.7 Å². The second-order valence-corrected chi connectivity index (χ2v) is 9.70. The van der Waals surface area contributed by atoms with Crippen LogP contribution in [0.1, 0.15) is 61.8 Å². The number of aryl methyl sites for hydroxylation is 1. The van der Waals surface area contributed by atoms with E-state index in [0.29, 0.717) is 5.56 Å². The fraction of sp³-hybridized carbons (Fsp3) is 0.440. The molecular weight excluding hydrogens is 362 g/mol. The Morgan fingerprint density at radius 2 is 1.72 bits per heavy atom. The molecule has 1 N–H and O–H groups in total. The lowest BCUT2D eigenvalue weighted by Gasteiger charge is -2.47. The number of carbonyl (C=O) groups is 2. The molecule has 2 aliphatic carbocycles. The van der Waals surface area contributed by atoms with Gasteiger partial charge in [-0.25, -0.2) is 0 Å². The number of carbonyl (C=O) groups excluding carboxylic acids is 2. The first-order chi connectivity index (χ1) is 13.8. The molecule has 2 amide bonds. The molecule has 1 heterocycles. The number of benzene rings is 2. The van der Waals surface area contributed by atoms with E-state index >= 15 is 0 Å². The minimum absolute atomic E-state index is 0.00672. The van der Waals surface area contributed by atoms with Gasteiger partial charge in [0.1, 0.15) is 5.60 Å². The van der Waals surface area contributed by atoms with Gasteiger partial charge in [0.15, 0.2) is 0 Å². The van der Waals surface area contributed by atoms with Crippen LogP contribution in [0.15, 0.2) is 48.5 Å². The van der Waals surface area contributed by atoms with E-state index < -0.39 is 23.0 Å². The van der Waals surface area contributed by atoms with Crippen molar-refractivity contribution in [2.75, 3.05) is 0 Å². The van der Waals surface area contributed by atoms with E-state index in [2.05, 4.69) is 6.07 Å². The van der Waals surface area contributed by atoms with Gasteiger partial charge < -0.3 is 5.11 Å². The average Bonchev–Trinajstić information content (AvgIpc) is 2.97. The van der Waals surface area contributed by atoms with Crippen LogP contribution in [0.3, 0.4) is 0 Å². The van der Waals surface area contributed by atoms with Gasteiger partial charge >= 0.3 is 0 Å². The molecule has 1 aliphatic heterocycles. The molecule has 5 rings (SSSR count). The fourth-order valence-corrected chi connectivity index (χ4v) is 6.01. The summed E-state index contributed by atoms with van der Waals surface area (Å²) in [5.74, 6) is -1.69. The van der Waals surface area contributed by atoms with Crippen molar-refractivity contribution in [3.05, 3.63) is 70.8 Å². The van der Waals surface area contributed by atoms with E-state index in [4.69, 9.17) is 0 Å². The number of imide groups is 1. The molecule has 1 unspecified atom stereocenters. The van der Waals surface area contributed by atoms with Crippen LogP contribution < -0.4 is 0 Å². The Kier molecular flexibility index (Phi) is 3.85. The zero-order valence-corrected chi connectivity index (χ0v) is 17.2. The van der Waals surface area contributed by atoms with Crippen molar-refractivity contribution in [3.8, 4) is 0 Å². The van der Waals surface area contributed by atoms with E-state index in [1.807, 2.05) is 63.2 Å². The Labute approximate surface area is 171 Å². The van der Waals surface area contributed by atoms with Crippen LogP contribution in [0.4, 0.5) is 0 Å². The highest BCUT2D eigenvalue weighted by Crippen LogP contribution is 2.59. The maximum atomic E-state index is 13.7. The molecule has 0 spiro atoms. The first kappa shape index (κ1) is 18.6. The Hall–Kier alpha value is -2.46. The van der Waals surface area contributed by atoms with Crippen LogP contribution in [-0.4, -0.2) is 27.4 Å². The average molecular weight is 389 g/mol. The van der Waals surface area contributed by atoms with Crippen LogP contribution in [0, 0.1) is 11.8 Å². The molecular formula is C25H27NO3. The van der Waals surface area contributed by atoms with Crippen molar-refractivity contribution in [1.29, 1.82) is 0 Å². The number of hydrogen-bond acceptors (Lipinski definition) is 3. The molecule has 29 heavy (non-hydrogen) atoms. The Morgan fingerprint density at radius 1 is 1.00 bits per heavy atom. The summed E-state index contributed by atoms with van der Waals surface area (Å²) in [6, 6.07) is 15.5. The van der Waals surface area contributed by atoms with E-state index in [9.17, 15) is 14.7 Å². The van der Waals surface area contributed by atoms with Crippen LogP contribution in [0.2, 0.25) is 0 Å². The highest BCUT2D eigenvalue weighted by molar-refractivity contribution is 6.07. The topological polar surface area (TPSA) is 57.6 Å². The molecule has 0 saturated carbocycles. The number of likely N-dealkylation sites (tertiary alicyclic amines) is 1. The van der Waals surface area contributed by atoms with Gasteiger partial charge in [-0.05, 0) is 68.2 Å². The fourth-order valence-electron chi connectivity index (χ4n) is 6.01. The standard InChI is InChI=1S/C25H27NO3/c1-24(2,3)26-22(27)20-17-13-7-9-15-10-8-14-18(19(15)17)25(29,21(20)23(26)28)16-11-5-4-6-12-16/h4-6,8,10-12,14,17,20-21,29H,7,9,13H2,1-3H3/t17?,20-,21+,25+/m0/s1. The van der Waals surface area contributed by atoms with Gasteiger partial charge in [-0.3, -0.25) is 14.5 Å². The third-order valence-electron chi connectivity index (χ3n) is 7.06. The zero-order chi connectivity index (χ0) is 20.6. The Balaban J connectivity index is 1.83. The minimum atomic E-state index is -1.50. The molecule has 4 heteroatoms. The number of hydrogen-bond donors (Lipinski definition) is 1. The quantitative estimate of drug-likeness (QED) is 0.756. The number of rotatable bonds is 1. The van der Waals surface area contributed by atoms with Crippen molar-refractivity contribution >= 4 is 11.8 Å². The maximum absolute atomic E-state index is 13.7. The summed E-state index contributed by atoms with van der Waals surface area (Å²) in [6.45, 7) is 5.67. The van der Waals surface area contributed by atoms with Crippen molar-refractivity contribution < 1.29 is 14.7 Å². The van der Waals surface area contributed by atoms with Crippen LogP contribution >= 0.6 is 0 Å². The molecule has 4 atom stereocenters. The number of nitrogens with zero attached hydrogens (tertiary/aromatic N) is 1. The Bertz CT molecular complexity index is 1010. The van der Waals surface area contributed by atoms with Crippen molar-refractivity contribution in [2.24, 2.45) is 11.8 Å². The predicted molar refractivity (Wildman–Crippen MR) is 110 cm³/mol. The largest absolute Gasteiger partial charge is 0.380 e. The molecule has 4 nitrogen and oxygen atoms in total. The molecule has 2 aromatic carbocycles. The molecule has 150 valence electrons. The van der Waals surface area contributed by atoms with E-state index in [1.165, 1.54) is 10.5 Å². The normalized spacial score (nSPS) is 30.9. The minimum Gasteiger partial charge on any atom is -0.380 e. The van der Waals surface area contributed by atoms with Crippen molar-refractivity contribution in [1.82, 2.24) is 4.90 Å². The number of fused-ring (bicyclic) bond motifs is 2. The molecule has 0 bridgehead atoms. The smallest absolute Gasteiger partial charge is 0.237 e. The SMILES string of the molecule is CC(C)(C)N1C(=O)[C@H]2C3CCCc4cccc(c43)[C@](O)(c3ccccc3)[C@H]2C1=O. The van der Waals surface area contributed by atoms with Gasteiger partial charge in [0.05, 0.1) is 11.8 Å². The summed E-state index contributed by atoms with van der Waals surface area (Å²) in [5, 5.41) is 12.3. The summed E-state index contributed by atoms with van der Waals surface area (Å²) in [7, 11) is 0. The third-order valence-corrected chi connectivity index (χ3v) is 7.06. The van der Waals surface area contributed by atoms with Crippen LogP contribution in [0.5, 0.6) is 0 Å². The molecule has 0 radical (unpaired) electrons. The first-order valence-corrected chi connectivity index (χ1v) is 10.5. The lowest BCUT2D eigenvalue weighted by atomic mass is 9.57. The lowest BCUT2D eigenvalue weighted by Crippen LogP contribution is -2.50. The molecule has 1 fully saturated rings. The van der Waals surface area contributed by atoms with E-state index in [1.54, 1.807) is 0 Å². The van der Waals surface area contributed by atoms with Gasteiger partial charge in [0.25, 0.3) is 0 Å². The number of aliphatic hydroxyl groups is 1. The third kappa shape index (κ3) is 2.35. The maximum Gasteiger partial charge on any atom is 0.237 e. The molecule has 3 aliphatic rings. The Morgan fingerprint density at radius 3 is 2.41 bits per heavy atom. The molecule has 2 aromatic rings. The summed E-state index contributed by atoms with van der Waals surface area (Å²) in [4.78, 5) is 28.7. The summed E-state index contributed by atoms with van der Waals surface area (Å²) < 4.78 is 0. The second-order valence-electron chi connectivity index (χ2n) is 9.70. The van der Waals surface area contributed by atoms with Gasteiger partial charge in [-0.1, -0.05) is 48.5 Å². The monoisotopic (exact) mass is 389 g/mol. The van der Waals surface area contributed by atoms with E-state index in [0.717, 1.165) is 30.4 Å². The summed E-state index contributed by atoms with van der Waals surface area (Å²) >= 11 is 0.